The Morgan fingerprint density at radius 2 is 1.67 bits per heavy atom. The lowest BCUT2D eigenvalue weighted by atomic mass is 9.88. The second-order valence-electron chi connectivity index (χ2n) is 11.6. The third kappa shape index (κ3) is 4.58. The number of thiophene rings is 1. The van der Waals surface area contributed by atoms with Crippen molar-refractivity contribution in [2.75, 3.05) is 0 Å². The van der Waals surface area contributed by atoms with Crippen LogP contribution < -0.4 is 4.74 Å². The van der Waals surface area contributed by atoms with Crippen molar-refractivity contribution in [2.45, 2.75) is 33.1 Å². The highest BCUT2D eigenvalue weighted by Crippen LogP contribution is 2.38. The topological polar surface area (TPSA) is 44.3 Å². The summed E-state index contributed by atoms with van der Waals surface area (Å²) in [5.74, 6) is 2.15. The molecule has 0 saturated heterocycles. The molecule has 204 valence electrons. The van der Waals surface area contributed by atoms with E-state index in [1.54, 1.807) is 17.4 Å². The number of aryl methyl sites for hydroxylation is 1. The molecule has 7 aromatic rings. The van der Waals surface area contributed by atoms with Gasteiger partial charge in [-0.15, -0.1) is 11.3 Å². The Hall–Kier alpha value is -4.99. The largest absolute Gasteiger partial charge is 0.459 e. The maximum absolute atomic E-state index is 7.71. The van der Waals surface area contributed by atoms with Crippen LogP contribution in [0, 0.1) is 13.5 Å². The molecule has 3 aromatic carbocycles. The third-order valence-electron chi connectivity index (χ3n) is 7.57. The van der Waals surface area contributed by atoms with E-state index in [9.17, 15) is 0 Å². The minimum atomic E-state index is -0.00199. The molecule has 6 heteroatoms. The number of nitrogens with zero attached hydrogens (tertiary/aromatic N) is 4. The number of hydrogen-bond donors (Lipinski definition) is 0. The van der Waals surface area contributed by atoms with Gasteiger partial charge >= 0.3 is 0 Å². The predicted octanol–water partition coefficient (Wildman–Crippen LogP) is 10.4. The smallest absolute Gasteiger partial charge is 0.191 e. The molecule has 0 aliphatic heterocycles. The summed E-state index contributed by atoms with van der Waals surface area (Å²) in [6, 6.07) is 28.6. The van der Waals surface area contributed by atoms with E-state index in [0.717, 1.165) is 49.0 Å². The number of ether oxygens (including phenoxy) is 1. The highest BCUT2D eigenvalue weighted by atomic mass is 32.1. The van der Waals surface area contributed by atoms with Gasteiger partial charge in [-0.25, -0.2) is 9.83 Å². The van der Waals surface area contributed by atoms with E-state index < -0.39 is 0 Å². The van der Waals surface area contributed by atoms with Gasteiger partial charge in [0.15, 0.2) is 5.69 Å². The SMILES string of the molecule is [C-]#[N+]c1cc(Oc2ccc3c4ccccc4n(-c4cc(C(C)(C)C)ccn4)c3c2)cc(-c2cc3cc(C)sc3cn2)c1. The van der Waals surface area contributed by atoms with Gasteiger partial charge in [0.1, 0.15) is 17.3 Å². The Morgan fingerprint density at radius 1 is 0.833 bits per heavy atom. The third-order valence-corrected chi connectivity index (χ3v) is 8.57. The lowest BCUT2D eigenvalue weighted by Gasteiger charge is -2.20. The van der Waals surface area contributed by atoms with Crippen molar-refractivity contribution in [3.05, 3.63) is 119 Å². The molecule has 5 nitrogen and oxygen atoms in total. The Kier molecular flexibility index (Phi) is 6.07. The monoisotopic (exact) mass is 564 g/mol. The van der Waals surface area contributed by atoms with Gasteiger partial charge in [-0.2, -0.15) is 0 Å². The molecule has 0 aliphatic carbocycles. The molecule has 4 heterocycles. The van der Waals surface area contributed by atoms with E-state index in [0.29, 0.717) is 17.2 Å². The van der Waals surface area contributed by atoms with Crippen LogP contribution in [-0.2, 0) is 5.41 Å². The molecule has 0 fully saturated rings. The van der Waals surface area contributed by atoms with E-state index in [1.165, 1.54) is 10.4 Å². The first-order valence-corrected chi connectivity index (χ1v) is 14.7. The molecule has 0 amide bonds. The zero-order valence-corrected chi connectivity index (χ0v) is 24.7. The first kappa shape index (κ1) is 25.9. The zero-order valence-electron chi connectivity index (χ0n) is 23.8. The Morgan fingerprint density at radius 3 is 2.50 bits per heavy atom. The Labute approximate surface area is 248 Å². The lowest BCUT2D eigenvalue weighted by Crippen LogP contribution is -2.12. The van der Waals surface area contributed by atoms with Gasteiger partial charge in [0.25, 0.3) is 0 Å². The summed E-state index contributed by atoms with van der Waals surface area (Å²) >= 11 is 1.73. The van der Waals surface area contributed by atoms with E-state index in [2.05, 4.69) is 97.8 Å². The van der Waals surface area contributed by atoms with Gasteiger partial charge in [-0.05, 0) is 89.5 Å². The number of pyridine rings is 2. The van der Waals surface area contributed by atoms with E-state index in [-0.39, 0.29) is 5.41 Å². The Bertz CT molecular complexity index is 2190. The zero-order chi connectivity index (χ0) is 29.0. The van der Waals surface area contributed by atoms with Crippen LogP contribution in [0.1, 0.15) is 31.2 Å². The summed E-state index contributed by atoms with van der Waals surface area (Å²) in [5.41, 5.74) is 5.49. The number of hydrogen-bond acceptors (Lipinski definition) is 4. The van der Waals surface area contributed by atoms with Crippen molar-refractivity contribution in [2.24, 2.45) is 0 Å². The Balaban J connectivity index is 1.34. The standard InChI is InChI=1S/C36H28N4OS/c1-22-14-24-17-31(39-21-34(24)42-22)23-15-26(37-5)19-28(16-23)41-27-10-11-30-29-8-6-7-9-32(29)40(33(30)20-27)35-18-25(12-13-38-35)36(2,3)4/h6-21H,1-4H3. The summed E-state index contributed by atoms with van der Waals surface area (Å²) in [6.07, 6.45) is 3.79. The molecule has 0 atom stereocenters. The molecular weight excluding hydrogens is 536 g/mol. The first-order chi connectivity index (χ1) is 20.3. The highest BCUT2D eigenvalue weighted by molar-refractivity contribution is 7.18. The fraction of sp³-hybridized carbons (Fsp3) is 0.139. The molecular formula is C36H28N4OS. The van der Waals surface area contributed by atoms with Gasteiger partial charge in [-0.1, -0.05) is 39.0 Å². The fourth-order valence-electron chi connectivity index (χ4n) is 5.49. The molecule has 0 N–H and O–H groups in total. The quantitative estimate of drug-likeness (QED) is 0.200. The van der Waals surface area contributed by atoms with E-state index in [1.807, 2.05) is 30.6 Å². The van der Waals surface area contributed by atoms with Gasteiger partial charge < -0.3 is 4.74 Å². The van der Waals surface area contributed by atoms with E-state index in [4.69, 9.17) is 21.3 Å². The van der Waals surface area contributed by atoms with Gasteiger partial charge in [-0.3, -0.25) is 9.55 Å². The number of aromatic nitrogens is 3. The van der Waals surface area contributed by atoms with Crippen molar-refractivity contribution in [3.63, 3.8) is 0 Å². The molecule has 4 aromatic heterocycles. The number of benzene rings is 3. The van der Waals surface area contributed by atoms with Gasteiger partial charge in [0, 0.05) is 34.1 Å². The second kappa shape index (κ2) is 9.83. The van der Waals surface area contributed by atoms with Crippen LogP contribution in [0.4, 0.5) is 5.69 Å². The van der Waals surface area contributed by atoms with Crippen LogP contribution in [0.15, 0.2) is 97.3 Å². The maximum atomic E-state index is 7.71. The molecule has 0 aliphatic rings. The first-order valence-electron chi connectivity index (χ1n) is 13.8. The van der Waals surface area contributed by atoms with Crippen molar-refractivity contribution in [3.8, 4) is 28.6 Å². The summed E-state index contributed by atoms with van der Waals surface area (Å²) in [7, 11) is 0. The summed E-state index contributed by atoms with van der Waals surface area (Å²) < 4.78 is 9.80. The molecule has 0 unspecified atom stereocenters. The fourth-order valence-corrected chi connectivity index (χ4v) is 6.37. The van der Waals surface area contributed by atoms with Crippen molar-refractivity contribution in [1.82, 2.24) is 14.5 Å². The second-order valence-corrected chi connectivity index (χ2v) is 12.9. The van der Waals surface area contributed by atoms with Crippen LogP contribution in [0.2, 0.25) is 0 Å². The van der Waals surface area contributed by atoms with Crippen molar-refractivity contribution in [1.29, 1.82) is 0 Å². The average Bonchev–Trinajstić information content (AvgIpc) is 3.52. The van der Waals surface area contributed by atoms with Crippen LogP contribution in [0.5, 0.6) is 11.5 Å². The maximum Gasteiger partial charge on any atom is 0.191 e. The molecule has 0 radical (unpaired) electrons. The molecule has 42 heavy (non-hydrogen) atoms. The molecule has 7 rings (SSSR count). The molecule has 0 saturated carbocycles. The average molecular weight is 565 g/mol. The number of para-hydroxylation sites is 1. The minimum absolute atomic E-state index is 0.00199. The van der Waals surface area contributed by atoms with Gasteiger partial charge in [0.05, 0.1) is 28.0 Å². The summed E-state index contributed by atoms with van der Waals surface area (Å²) in [4.78, 5) is 14.4. The molecule has 0 bridgehead atoms. The molecule has 0 spiro atoms. The van der Waals surface area contributed by atoms with Gasteiger partial charge in [0.2, 0.25) is 0 Å². The highest BCUT2D eigenvalue weighted by Gasteiger charge is 2.18. The van der Waals surface area contributed by atoms with Crippen molar-refractivity contribution < 1.29 is 4.74 Å². The summed E-state index contributed by atoms with van der Waals surface area (Å²) in [6.45, 7) is 16.4. The lowest BCUT2D eigenvalue weighted by molar-refractivity contribution is 0.484. The van der Waals surface area contributed by atoms with Crippen LogP contribution in [0.3, 0.4) is 0 Å². The van der Waals surface area contributed by atoms with Crippen LogP contribution >= 0.6 is 11.3 Å². The van der Waals surface area contributed by atoms with Crippen LogP contribution in [0.25, 0.3) is 53.8 Å². The number of fused-ring (bicyclic) bond motifs is 4. The number of rotatable bonds is 4. The summed E-state index contributed by atoms with van der Waals surface area (Å²) in [5, 5.41) is 3.44. The van der Waals surface area contributed by atoms with Crippen molar-refractivity contribution >= 4 is 48.9 Å². The van der Waals surface area contributed by atoms with E-state index >= 15 is 0 Å². The minimum Gasteiger partial charge on any atom is -0.459 e. The normalized spacial score (nSPS) is 11.8. The predicted molar refractivity (Wildman–Crippen MR) is 173 cm³/mol. The van der Waals surface area contributed by atoms with Crippen LogP contribution in [-0.4, -0.2) is 14.5 Å².